The number of ketones is 1. The molecule has 0 unspecified atom stereocenters. The van der Waals surface area contributed by atoms with E-state index in [1.165, 1.54) is 22.7 Å². The zero-order chi connectivity index (χ0) is 23.5. The zero-order valence-corrected chi connectivity index (χ0v) is 19.8. The number of aliphatic carboxylic acids is 1. The van der Waals surface area contributed by atoms with E-state index in [2.05, 4.69) is 4.98 Å². The Morgan fingerprint density at radius 3 is 2.36 bits per heavy atom. The van der Waals surface area contributed by atoms with Gasteiger partial charge in [0.25, 0.3) is 0 Å². The van der Waals surface area contributed by atoms with E-state index in [4.69, 9.17) is 0 Å². The fraction of sp³-hybridized carbons (Fsp3) is 0.542. The summed E-state index contributed by atoms with van der Waals surface area (Å²) in [5.74, 6) is -2.67. The molecule has 6 rings (SSSR count). The normalized spacial score (nSPS) is 24.8. The third-order valence-corrected chi connectivity index (χ3v) is 9.55. The summed E-state index contributed by atoms with van der Waals surface area (Å²) in [6.07, 6.45) is -0.664. The van der Waals surface area contributed by atoms with E-state index in [-0.39, 0.29) is 42.5 Å². The first-order chi connectivity index (χ1) is 15.6. The number of aromatic nitrogens is 1. The van der Waals surface area contributed by atoms with Crippen molar-refractivity contribution in [2.75, 3.05) is 0 Å². The van der Waals surface area contributed by atoms with Crippen molar-refractivity contribution in [1.82, 2.24) is 4.98 Å². The van der Waals surface area contributed by atoms with Crippen LogP contribution in [0.2, 0.25) is 0 Å². The van der Waals surface area contributed by atoms with Crippen molar-refractivity contribution in [3.8, 4) is 10.6 Å². The predicted molar refractivity (Wildman–Crippen MR) is 121 cm³/mol. The number of aryl methyl sites for hydroxylation is 1. The summed E-state index contributed by atoms with van der Waals surface area (Å²) in [5.41, 5.74) is 3.24. The number of hydrogen-bond acceptors (Lipinski definition) is 5. The number of Topliss-reactive ketones (excluding diaryl/α,β-unsaturated/α-hetero) is 1. The van der Waals surface area contributed by atoms with Crippen molar-refractivity contribution in [1.29, 1.82) is 0 Å². The number of carbonyl (C=O) groups is 2. The standard InChI is InChI=1S/C24H24F3NO3S2/c1-11-10-32-22(28-11)21-15-7-6-14(24(25,26)27)8-17(15)33-18(21)9-16(29)19-12-2-4-13(5-3-12)20(19)23(30)31/h10,12-14H,2-9H2,1H3,(H,30,31)/t12?,13?,14-/m1/s1. The Hall–Kier alpha value is -2.00. The summed E-state index contributed by atoms with van der Waals surface area (Å²) in [6.45, 7) is 1.87. The van der Waals surface area contributed by atoms with Crippen LogP contribution in [-0.4, -0.2) is 28.0 Å². The van der Waals surface area contributed by atoms with Gasteiger partial charge in [0.15, 0.2) is 5.78 Å². The van der Waals surface area contributed by atoms with Crippen LogP contribution < -0.4 is 0 Å². The van der Waals surface area contributed by atoms with Gasteiger partial charge in [-0.3, -0.25) is 4.79 Å². The van der Waals surface area contributed by atoms with Crippen LogP contribution in [0.25, 0.3) is 10.6 Å². The number of hydrogen-bond donors (Lipinski definition) is 1. The van der Waals surface area contributed by atoms with Crippen molar-refractivity contribution in [3.05, 3.63) is 37.5 Å². The largest absolute Gasteiger partial charge is 0.478 e. The van der Waals surface area contributed by atoms with Crippen LogP contribution in [0.5, 0.6) is 0 Å². The van der Waals surface area contributed by atoms with Gasteiger partial charge in [-0.1, -0.05) is 0 Å². The van der Waals surface area contributed by atoms with E-state index in [0.29, 0.717) is 16.9 Å². The number of allylic oxidation sites excluding steroid dienone is 1. The molecule has 2 bridgehead atoms. The molecule has 2 aromatic heterocycles. The molecule has 2 aromatic rings. The minimum atomic E-state index is -4.24. The van der Waals surface area contributed by atoms with Gasteiger partial charge in [-0.05, 0) is 69.3 Å². The molecule has 0 spiro atoms. The fourth-order valence-corrected chi connectivity index (χ4v) is 8.18. The number of alkyl halides is 3. The van der Waals surface area contributed by atoms with Gasteiger partial charge >= 0.3 is 12.1 Å². The number of carboxylic acids is 1. The van der Waals surface area contributed by atoms with E-state index in [9.17, 15) is 27.9 Å². The molecule has 4 nitrogen and oxygen atoms in total. The van der Waals surface area contributed by atoms with E-state index >= 15 is 0 Å². The molecule has 0 aliphatic heterocycles. The van der Waals surface area contributed by atoms with Crippen LogP contribution in [0.1, 0.15) is 53.1 Å². The number of thiazole rings is 1. The maximum atomic E-state index is 13.5. The second-order valence-electron chi connectivity index (χ2n) is 9.36. The number of halogens is 3. The zero-order valence-electron chi connectivity index (χ0n) is 18.1. The molecule has 0 aromatic carbocycles. The molecule has 176 valence electrons. The lowest BCUT2D eigenvalue weighted by Gasteiger charge is -2.38. The van der Waals surface area contributed by atoms with Crippen LogP contribution >= 0.6 is 22.7 Å². The number of rotatable bonds is 5. The first-order valence-electron chi connectivity index (χ1n) is 11.3. The molecule has 2 heterocycles. The number of fused-ring (bicyclic) bond motifs is 3. The van der Waals surface area contributed by atoms with Crippen molar-refractivity contribution in [2.24, 2.45) is 17.8 Å². The number of thiophene rings is 1. The second-order valence-corrected chi connectivity index (χ2v) is 11.4. The Kier molecular flexibility index (Phi) is 5.76. The third-order valence-electron chi connectivity index (χ3n) is 7.32. The number of carboxylic acid groups (broad SMARTS) is 1. The monoisotopic (exact) mass is 495 g/mol. The predicted octanol–water partition coefficient (Wildman–Crippen LogP) is 6.16. The number of carbonyl (C=O) groups excluding carboxylic acids is 1. The lowest BCUT2D eigenvalue weighted by Crippen LogP contribution is -2.34. The summed E-state index contributed by atoms with van der Waals surface area (Å²) in [7, 11) is 0. The molecule has 0 amide bonds. The van der Waals surface area contributed by atoms with E-state index in [1.807, 2.05) is 12.3 Å². The molecule has 0 radical (unpaired) electrons. The fourth-order valence-electron chi connectivity index (χ4n) is 5.78. The number of nitrogens with zero attached hydrogens (tertiary/aromatic N) is 1. The molecule has 4 aliphatic rings. The van der Waals surface area contributed by atoms with Gasteiger partial charge in [-0.2, -0.15) is 13.2 Å². The van der Waals surface area contributed by atoms with E-state index < -0.39 is 18.1 Å². The molecule has 1 N–H and O–H groups in total. The van der Waals surface area contributed by atoms with Gasteiger partial charge in [0, 0.05) is 44.0 Å². The quantitative estimate of drug-likeness (QED) is 0.540. The van der Waals surface area contributed by atoms with E-state index in [0.717, 1.165) is 52.4 Å². The smallest absolute Gasteiger partial charge is 0.392 e. The summed E-state index contributed by atoms with van der Waals surface area (Å²) in [5, 5.41) is 12.4. The van der Waals surface area contributed by atoms with Crippen LogP contribution in [0, 0.1) is 24.7 Å². The van der Waals surface area contributed by atoms with Crippen LogP contribution in [0.3, 0.4) is 0 Å². The minimum Gasteiger partial charge on any atom is -0.478 e. The summed E-state index contributed by atoms with van der Waals surface area (Å²) in [4.78, 5) is 31.4. The van der Waals surface area contributed by atoms with Gasteiger partial charge in [0.05, 0.1) is 5.92 Å². The Morgan fingerprint density at radius 2 is 1.79 bits per heavy atom. The molecular weight excluding hydrogens is 471 g/mol. The average molecular weight is 496 g/mol. The Balaban J connectivity index is 1.54. The Labute approximate surface area is 197 Å². The Bertz CT molecular complexity index is 1150. The Morgan fingerprint density at radius 1 is 1.12 bits per heavy atom. The van der Waals surface area contributed by atoms with Crippen LogP contribution in [-0.2, 0) is 28.9 Å². The SMILES string of the molecule is Cc1csc(-c2c(CC(=O)C3=C(C(=O)O)C4CCC3CC4)sc3c2CC[C@@H](C(F)(F)F)C3)n1. The summed E-state index contributed by atoms with van der Waals surface area (Å²) in [6, 6.07) is 0. The first kappa shape index (κ1) is 22.8. The average Bonchev–Trinajstić information content (AvgIpc) is 3.35. The molecule has 1 fully saturated rings. The van der Waals surface area contributed by atoms with Gasteiger partial charge in [-0.15, -0.1) is 22.7 Å². The summed E-state index contributed by atoms with van der Waals surface area (Å²) < 4.78 is 40.2. The molecule has 0 saturated heterocycles. The molecule has 1 saturated carbocycles. The van der Waals surface area contributed by atoms with Crippen LogP contribution in [0.4, 0.5) is 13.2 Å². The molecule has 9 heteroatoms. The van der Waals surface area contributed by atoms with Gasteiger partial charge in [0.1, 0.15) is 5.01 Å². The third kappa shape index (κ3) is 4.07. The maximum absolute atomic E-state index is 13.5. The highest BCUT2D eigenvalue weighted by atomic mass is 32.1. The van der Waals surface area contributed by atoms with Crippen molar-refractivity contribution >= 4 is 34.4 Å². The van der Waals surface area contributed by atoms with Crippen molar-refractivity contribution in [2.45, 2.75) is 64.5 Å². The van der Waals surface area contributed by atoms with E-state index in [1.54, 1.807) is 0 Å². The van der Waals surface area contributed by atoms with Crippen LogP contribution in [0.15, 0.2) is 16.5 Å². The molecular formula is C24H24F3NO3S2. The highest BCUT2D eigenvalue weighted by Crippen LogP contribution is 2.49. The molecule has 33 heavy (non-hydrogen) atoms. The molecule has 4 aliphatic carbocycles. The van der Waals surface area contributed by atoms with Crippen molar-refractivity contribution < 1.29 is 27.9 Å². The molecule has 1 atom stereocenters. The van der Waals surface area contributed by atoms with Gasteiger partial charge in [-0.25, -0.2) is 9.78 Å². The van der Waals surface area contributed by atoms with Gasteiger partial charge < -0.3 is 5.11 Å². The second kappa shape index (κ2) is 8.34. The topological polar surface area (TPSA) is 67.3 Å². The lowest BCUT2D eigenvalue weighted by molar-refractivity contribution is -0.176. The summed E-state index contributed by atoms with van der Waals surface area (Å²) >= 11 is 2.72. The van der Waals surface area contributed by atoms with Crippen molar-refractivity contribution in [3.63, 3.8) is 0 Å². The lowest BCUT2D eigenvalue weighted by atomic mass is 9.65. The van der Waals surface area contributed by atoms with Gasteiger partial charge in [0.2, 0.25) is 0 Å². The highest BCUT2D eigenvalue weighted by molar-refractivity contribution is 7.15. The minimum absolute atomic E-state index is 0.0247. The maximum Gasteiger partial charge on any atom is 0.392 e. The highest BCUT2D eigenvalue weighted by Gasteiger charge is 2.44. The first-order valence-corrected chi connectivity index (χ1v) is 13.0.